The molecule has 0 aromatic carbocycles. The Morgan fingerprint density at radius 3 is 3.08 bits per heavy atom. The Hall–Kier alpha value is -1.29. The zero-order valence-corrected chi connectivity index (χ0v) is 7.70. The summed E-state index contributed by atoms with van der Waals surface area (Å²) in [6, 6.07) is 2.04. The van der Waals surface area contributed by atoms with Crippen LogP contribution in [0.2, 0.25) is 0 Å². The maximum Gasteiger partial charge on any atom is 0.0736 e. The van der Waals surface area contributed by atoms with Gasteiger partial charge in [0, 0.05) is 18.8 Å². The molecule has 0 amide bonds. The summed E-state index contributed by atoms with van der Waals surface area (Å²) in [6.07, 6.45) is 4.00. The average Bonchev–Trinajstić information content (AvgIpc) is 2.09. The van der Waals surface area contributed by atoms with Gasteiger partial charge >= 0.3 is 0 Å². The third-order valence-electron chi connectivity index (χ3n) is 1.82. The molecule has 4 nitrogen and oxygen atoms in total. The Morgan fingerprint density at radius 1 is 1.69 bits per heavy atom. The highest BCUT2D eigenvalue weighted by atomic mass is 16.3. The molecule has 1 unspecified atom stereocenters. The number of nitrogen functional groups attached to an aromatic ring is 1. The lowest BCUT2D eigenvalue weighted by atomic mass is 10.2. The highest BCUT2D eigenvalue weighted by Crippen LogP contribution is 2.16. The number of hydrogen-bond acceptors (Lipinski definition) is 4. The van der Waals surface area contributed by atoms with Crippen LogP contribution in [0, 0.1) is 0 Å². The number of aliphatic hydroxyl groups is 1. The minimum atomic E-state index is 0.180. The fourth-order valence-corrected chi connectivity index (χ4v) is 1.07. The summed E-state index contributed by atoms with van der Waals surface area (Å²) >= 11 is 0. The van der Waals surface area contributed by atoms with Gasteiger partial charge in [0.25, 0.3) is 0 Å². The molecule has 0 fully saturated rings. The van der Waals surface area contributed by atoms with Crippen LogP contribution in [0.3, 0.4) is 0 Å². The van der Waals surface area contributed by atoms with Crippen LogP contribution in [0.25, 0.3) is 0 Å². The lowest BCUT2D eigenvalue weighted by molar-refractivity contribution is 0.282. The smallest absolute Gasteiger partial charge is 0.0736 e. The number of nitrogens with two attached hydrogens (primary N) is 1. The largest absolute Gasteiger partial charge is 0.396 e. The molecule has 4 N–H and O–H groups in total. The van der Waals surface area contributed by atoms with E-state index in [4.69, 9.17) is 10.8 Å². The summed E-state index contributed by atoms with van der Waals surface area (Å²) in [7, 11) is 0. The van der Waals surface area contributed by atoms with Crippen molar-refractivity contribution in [3.8, 4) is 0 Å². The van der Waals surface area contributed by atoms with Crippen LogP contribution in [0.15, 0.2) is 18.5 Å². The highest BCUT2D eigenvalue weighted by molar-refractivity contribution is 5.64. The van der Waals surface area contributed by atoms with Gasteiger partial charge in [-0.1, -0.05) is 0 Å². The number of hydrogen-bond donors (Lipinski definition) is 3. The monoisotopic (exact) mass is 181 g/mol. The fraction of sp³-hybridized carbons (Fsp3) is 0.444. The molecule has 1 aromatic heterocycles. The third kappa shape index (κ3) is 2.91. The Morgan fingerprint density at radius 2 is 2.46 bits per heavy atom. The van der Waals surface area contributed by atoms with Crippen LogP contribution >= 0.6 is 0 Å². The summed E-state index contributed by atoms with van der Waals surface area (Å²) in [5.41, 5.74) is 7.18. The number of rotatable bonds is 4. The molecular weight excluding hydrogens is 166 g/mol. The van der Waals surface area contributed by atoms with Gasteiger partial charge < -0.3 is 16.2 Å². The number of aromatic nitrogens is 1. The van der Waals surface area contributed by atoms with Gasteiger partial charge in [-0.15, -0.1) is 0 Å². The van der Waals surface area contributed by atoms with Gasteiger partial charge in [0.2, 0.25) is 0 Å². The van der Waals surface area contributed by atoms with E-state index >= 15 is 0 Å². The Bertz CT molecular complexity index is 265. The Balaban J connectivity index is 2.58. The minimum Gasteiger partial charge on any atom is -0.396 e. The van der Waals surface area contributed by atoms with Crippen LogP contribution in [-0.4, -0.2) is 22.7 Å². The van der Waals surface area contributed by atoms with Gasteiger partial charge in [-0.05, 0) is 19.4 Å². The van der Waals surface area contributed by atoms with E-state index < -0.39 is 0 Å². The zero-order valence-electron chi connectivity index (χ0n) is 7.70. The summed E-state index contributed by atoms with van der Waals surface area (Å²) in [4.78, 5) is 3.88. The van der Waals surface area contributed by atoms with Crippen molar-refractivity contribution in [2.45, 2.75) is 19.4 Å². The van der Waals surface area contributed by atoms with Crippen LogP contribution < -0.4 is 11.1 Å². The average molecular weight is 181 g/mol. The molecule has 1 rings (SSSR count). The lowest BCUT2D eigenvalue weighted by Gasteiger charge is -2.14. The number of anilines is 2. The predicted octanol–water partition coefficient (Wildman–Crippen LogP) is 0.847. The lowest BCUT2D eigenvalue weighted by Crippen LogP contribution is -2.17. The summed E-state index contributed by atoms with van der Waals surface area (Å²) in [6.45, 7) is 2.18. The molecule has 0 spiro atoms. The van der Waals surface area contributed by atoms with E-state index in [1.54, 1.807) is 12.4 Å². The van der Waals surface area contributed by atoms with Crippen LogP contribution in [0.4, 0.5) is 11.4 Å². The second-order valence-corrected chi connectivity index (χ2v) is 3.02. The van der Waals surface area contributed by atoms with Crippen molar-refractivity contribution in [2.75, 3.05) is 17.7 Å². The topological polar surface area (TPSA) is 71.2 Å². The molecule has 0 saturated carbocycles. The molecule has 0 saturated heterocycles. The molecule has 72 valence electrons. The molecular formula is C9H15N3O. The molecule has 0 radical (unpaired) electrons. The van der Waals surface area contributed by atoms with Gasteiger partial charge in [-0.25, -0.2) is 0 Å². The zero-order chi connectivity index (χ0) is 9.68. The molecule has 4 heteroatoms. The minimum absolute atomic E-state index is 0.180. The number of nitrogens with zero attached hydrogens (tertiary/aromatic N) is 1. The Labute approximate surface area is 77.8 Å². The molecule has 1 atom stereocenters. The quantitative estimate of drug-likeness (QED) is 0.644. The van der Waals surface area contributed by atoms with Gasteiger partial charge in [0.05, 0.1) is 17.6 Å². The molecule has 0 bridgehead atoms. The number of aliphatic hydroxyl groups excluding tert-OH is 1. The third-order valence-corrected chi connectivity index (χ3v) is 1.82. The van der Waals surface area contributed by atoms with Crippen molar-refractivity contribution >= 4 is 11.4 Å². The normalized spacial score (nSPS) is 12.5. The molecule has 13 heavy (non-hydrogen) atoms. The van der Waals surface area contributed by atoms with Gasteiger partial charge in [-0.2, -0.15) is 0 Å². The molecule has 0 aliphatic heterocycles. The SMILES string of the molecule is CC(CCO)Nc1ccncc1N. The van der Waals surface area contributed by atoms with E-state index in [2.05, 4.69) is 10.3 Å². The second-order valence-electron chi connectivity index (χ2n) is 3.02. The standard InChI is InChI=1S/C9H15N3O/c1-7(3-5-13)12-9-2-4-11-6-8(9)10/h2,4,6-7,13H,3,5,10H2,1H3,(H,11,12). The first-order valence-corrected chi connectivity index (χ1v) is 4.31. The van der Waals surface area contributed by atoms with Gasteiger partial charge in [0.15, 0.2) is 0 Å². The molecule has 0 aliphatic carbocycles. The predicted molar refractivity (Wildman–Crippen MR) is 53.4 cm³/mol. The van der Waals surface area contributed by atoms with Crippen LogP contribution in [0.5, 0.6) is 0 Å². The van der Waals surface area contributed by atoms with E-state index in [0.29, 0.717) is 12.1 Å². The highest BCUT2D eigenvalue weighted by Gasteiger charge is 2.02. The first-order chi connectivity index (χ1) is 6.24. The van der Waals surface area contributed by atoms with Gasteiger partial charge in [0.1, 0.15) is 0 Å². The number of pyridine rings is 1. The maximum absolute atomic E-state index is 8.70. The van der Waals surface area contributed by atoms with E-state index in [1.165, 1.54) is 0 Å². The van der Waals surface area contributed by atoms with Crippen LogP contribution in [-0.2, 0) is 0 Å². The molecule has 1 heterocycles. The fourth-order valence-electron chi connectivity index (χ4n) is 1.07. The summed E-state index contributed by atoms with van der Waals surface area (Å²) in [5, 5.41) is 11.9. The van der Waals surface area contributed by atoms with Crippen LogP contribution in [0.1, 0.15) is 13.3 Å². The van der Waals surface area contributed by atoms with Crippen molar-refractivity contribution < 1.29 is 5.11 Å². The van der Waals surface area contributed by atoms with Gasteiger partial charge in [-0.3, -0.25) is 4.98 Å². The van der Waals surface area contributed by atoms with Crippen molar-refractivity contribution in [3.05, 3.63) is 18.5 Å². The van der Waals surface area contributed by atoms with E-state index in [-0.39, 0.29) is 12.6 Å². The van der Waals surface area contributed by atoms with Crippen molar-refractivity contribution in [1.29, 1.82) is 0 Å². The first kappa shape index (κ1) is 9.80. The van der Waals surface area contributed by atoms with Crippen molar-refractivity contribution in [1.82, 2.24) is 4.98 Å². The molecule has 0 aliphatic rings. The van der Waals surface area contributed by atoms with E-state index in [1.807, 2.05) is 13.0 Å². The first-order valence-electron chi connectivity index (χ1n) is 4.31. The number of nitrogens with one attached hydrogen (secondary N) is 1. The summed E-state index contributed by atoms with van der Waals surface area (Å²) < 4.78 is 0. The van der Waals surface area contributed by atoms with E-state index in [9.17, 15) is 0 Å². The Kier molecular flexibility index (Phi) is 3.52. The van der Waals surface area contributed by atoms with Crippen molar-refractivity contribution in [3.63, 3.8) is 0 Å². The summed E-state index contributed by atoms with van der Waals surface area (Å²) in [5.74, 6) is 0. The maximum atomic E-state index is 8.70. The molecule has 1 aromatic rings. The van der Waals surface area contributed by atoms with Crippen molar-refractivity contribution in [2.24, 2.45) is 0 Å². The van der Waals surface area contributed by atoms with E-state index in [0.717, 1.165) is 5.69 Å². The second kappa shape index (κ2) is 4.67.